The van der Waals surface area contributed by atoms with E-state index in [0.29, 0.717) is 23.0 Å². The molecule has 7 nitrogen and oxygen atoms in total. The summed E-state index contributed by atoms with van der Waals surface area (Å²) in [6.07, 6.45) is 3.70. The minimum absolute atomic E-state index is 0.316. The van der Waals surface area contributed by atoms with Crippen LogP contribution in [0, 0.1) is 5.82 Å². The fourth-order valence-corrected chi connectivity index (χ4v) is 3.90. The molecular formula is C20H22FN5O2. The molecule has 5 rings (SSSR count). The Kier molecular flexibility index (Phi) is 4.56. The lowest BCUT2D eigenvalue weighted by atomic mass is 9.96. The molecule has 0 bridgehead atoms. The van der Waals surface area contributed by atoms with Gasteiger partial charge in [0.05, 0.1) is 0 Å². The smallest absolute Gasteiger partial charge is 0.298 e. The largest absolute Gasteiger partial charge is 0.423 e. The van der Waals surface area contributed by atoms with E-state index in [9.17, 15) is 4.39 Å². The number of anilines is 2. The Morgan fingerprint density at radius 3 is 2.57 bits per heavy atom. The molecule has 0 aliphatic carbocycles. The predicted octanol–water partition coefficient (Wildman–Crippen LogP) is 2.98. The zero-order valence-corrected chi connectivity index (χ0v) is 15.6. The Balaban J connectivity index is 1.27. The van der Waals surface area contributed by atoms with Gasteiger partial charge in [-0.2, -0.15) is 4.98 Å². The average Bonchev–Trinajstić information content (AvgIpc) is 3.18. The van der Waals surface area contributed by atoms with Crippen molar-refractivity contribution < 1.29 is 13.5 Å². The second kappa shape index (κ2) is 7.35. The molecule has 8 heteroatoms. The lowest BCUT2D eigenvalue weighted by Gasteiger charge is -2.34. The van der Waals surface area contributed by atoms with Gasteiger partial charge in [0.2, 0.25) is 0 Å². The zero-order valence-electron chi connectivity index (χ0n) is 15.6. The molecule has 1 aromatic carbocycles. The summed E-state index contributed by atoms with van der Waals surface area (Å²) in [6.45, 7) is 4.78. The third-order valence-electron chi connectivity index (χ3n) is 5.53. The van der Waals surface area contributed by atoms with E-state index in [2.05, 4.69) is 30.8 Å². The highest BCUT2D eigenvalue weighted by Gasteiger charge is 2.24. The highest BCUT2D eigenvalue weighted by molar-refractivity contribution is 5.74. The highest BCUT2D eigenvalue weighted by atomic mass is 19.1. The van der Waals surface area contributed by atoms with Gasteiger partial charge >= 0.3 is 0 Å². The molecule has 146 valence electrons. The number of piperazine rings is 1. The fraction of sp³-hybridized carbons (Fsp3) is 0.450. The number of rotatable bonds is 3. The van der Waals surface area contributed by atoms with Crippen molar-refractivity contribution >= 4 is 22.9 Å². The van der Waals surface area contributed by atoms with Crippen molar-refractivity contribution in [1.29, 1.82) is 0 Å². The Morgan fingerprint density at radius 2 is 1.75 bits per heavy atom. The first-order valence-corrected chi connectivity index (χ1v) is 9.72. The standard InChI is InChI=1S/C20H22FN5O2/c21-15-1-2-16-18(11-15)28-20(24-16)26-7-5-25(6-8-26)19-12-17(22-13-23-19)14-3-9-27-10-4-14/h1-2,11-14H,3-10H2. The summed E-state index contributed by atoms with van der Waals surface area (Å²) >= 11 is 0. The summed E-state index contributed by atoms with van der Waals surface area (Å²) in [6, 6.07) is 7.09. The van der Waals surface area contributed by atoms with Crippen LogP contribution in [0.3, 0.4) is 0 Å². The van der Waals surface area contributed by atoms with Crippen LogP contribution in [0.15, 0.2) is 35.0 Å². The van der Waals surface area contributed by atoms with Crippen molar-refractivity contribution in [1.82, 2.24) is 15.0 Å². The van der Waals surface area contributed by atoms with Crippen molar-refractivity contribution in [3.8, 4) is 0 Å². The number of benzene rings is 1. The van der Waals surface area contributed by atoms with Crippen molar-refractivity contribution in [3.05, 3.63) is 42.1 Å². The summed E-state index contributed by atoms with van der Waals surface area (Å²) in [5.41, 5.74) is 2.27. The van der Waals surface area contributed by atoms with Gasteiger partial charge in [-0.05, 0) is 25.0 Å². The predicted molar refractivity (Wildman–Crippen MR) is 103 cm³/mol. The second-order valence-electron chi connectivity index (χ2n) is 7.27. The topological polar surface area (TPSA) is 67.5 Å². The number of hydrogen-bond acceptors (Lipinski definition) is 7. The van der Waals surface area contributed by atoms with Gasteiger partial charge in [0.25, 0.3) is 6.01 Å². The molecule has 0 radical (unpaired) electrons. The number of ether oxygens (including phenoxy) is 1. The Hall–Kier alpha value is -2.74. The van der Waals surface area contributed by atoms with E-state index in [1.165, 1.54) is 12.1 Å². The van der Waals surface area contributed by atoms with Crippen LogP contribution in [0.1, 0.15) is 24.5 Å². The van der Waals surface area contributed by atoms with Gasteiger partial charge in [0.15, 0.2) is 5.58 Å². The van der Waals surface area contributed by atoms with Gasteiger partial charge in [-0.1, -0.05) is 0 Å². The summed E-state index contributed by atoms with van der Waals surface area (Å²) in [7, 11) is 0. The minimum Gasteiger partial charge on any atom is -0.423 e. The van der Waals surface area contributed by atoms with E-state index >= 15 is 0 Å². The Morgan fingerprint density at radius 1 is 0.964 bits per heavy atom. The summed E-state index contributed by atoms with van der Waals surface area (Å²) in [5.74, 6) is 1.11. The normalized spacial score (nSPS) is 18.8. The molecule has 0 unspecified atom stereocenters. The van der Waals surface area contributed by atoms with Crippen LogP contribution < -0.4 is 9.80 Å². The molecule has 2 aliphatic heterocycles. The lowest BCUT2D eigenvalue weighted by molar-refractivity contribution is 0.0845. The van der Waals surface area contributed by atoms with Gasteiger partial charge in [-0.25, -0.2) is 14.4 Å². The van der Waals surface area contributed by atoms with Gasteiger partial charge < -0.3 is 19.0 Å². The molecule has 0 spiro atoms. The van der Waals surface area contributed by atoms with Crippen molar-refractivity contribution in [2.45, 2.75) is 18.8 Å². The van der Waals surface area contributed by atoms with Gasteiger partial charge in [-0.3, -0.25) is 0 Å². The van der Waals surface area contributed by atoms with Crippen molar-refractivity contribution in [2.24, 2.45) is 0 Å². The SMILES string of the molecule is Fc1ccc2nc(N3CCN(c4cc(C5CCOCC5)ncn4)CC3)oc2c1. The Labute approximate surface area is 162 Å². The fourth-order valence-electron chi connectivity index (χ4n) is 3.90. The minimum atomic E-state index is -0.316. The average molecular weight is 383 g/mol. The second-order valence-corrected chi connectivity index (χ2v) is 7.27. The molecule has 3 aromatic rings. The van der Waals surface area contributed by atoms with Crippen LogP contribution in [0.5, 0.6) is 0 Å². The van der Waals surface area contributed by atoms with Crippen molar-refractivity contribution in [2.75, 3.05) is 49.2 Å². The maximum atomic E-state index is 13.4. The van der Waals surface area contributed by atoms with E-state index in [1.54, 1.807) is 12.4 Å². The lowest BCUT2D eigenvalue weighted by Crippen LogP contribution is -2.47. The number of nitrogens with zero attached hydrogens (tertiary/aromatic N) is 5. The molecule has 0 amide bonds. The zero-order chi connectivity index (χ0) is 18.9. The van der Waals surface area contributed by atoms with Crippen LogP contribution >= 0.6 is 0 Å². The number of hydrogen-bond donors (Lipinski definition) is 0. The van der Waals surface area contributed by atoms with Crippen LogP contribution in [0.2, 0.25) is 0 Å². The quantitative estimate of drug-likeness (QED) is 0.689. The van der Waals surface area contributed by atoms with Crippen molar-refractivity contribution in [3.63, 3.8) is 0 Å². The maximum absolute atomic E-state index is 13.4. The molecule has 0 saturated carbocycles. The van der Waals surface area contributed by atoms with Crippen LogP contribution in [-0.4, -0.2) is 54.3 Å². The number of oxazole rings is 1. The van der Waals surface area contributed by atoms with E-state index in [1.807, 2.05) is 0 Å². The van der Waals surface area contributed by atoms with Crippen LogP contribution in [-0.2, 0) is 4.74 Å². The first kappa shape index (κ1) is 17.4. The molecule has 0 atom stereocenters. The summed E-state index contributed by atoms with van der Waals surface area (Å²) < 4.78 is 24.6. The summed E-state index contributed by atoms with van der Waals surface area (Å²) in [5, 5.41) is 0. The Bertz CT molecular complexity index is 964. The highest BCUT2D eigenvalue weighted by Crippen LogP contribution is 2.28. The molecule has 2 saturated heterocycles. The monoisotopic (exact) mass is 383 g/mol. The number of aromatic nitrogens is 3. The molecule has 2 fully saturated rings. The van der Waals surface area contributed by atoms with Gasteiger partial charge in [0.1, 0.15) is 23.5 Å². The third kappa shape index (κ3) is 3.40. The third-order valence-corrected chi connectivity index (χ3v) is 5.53. The molecule has 2 aromatic heterocycles. The van der Waals surface area contributed by atoms with E-state index in [4.69, 9.17) is 9.15 Å². The van der Waals surface area contributed by atoms with Crippen LogP contribution in [0.25, 0.3) is 11.1 Å². The number of halogens is 1. The molecule has 0 N–H and O–H groups in total. The van der Waals surface area contributed by atoms with E-state index in [-0.39, 0.29) is 5.82 Å². The van der Waals surface area contributed by atoms with Crippen LogP contribution in [0.4, 0.5) is 16.2 Å². The first-order valence-electron chi connectivity index (χ1n) is 9.72. The van der Waals surface area contributed by atoms with Gasteiger partial charge in [-0.15, -0.1) is 0 Å². The molecule has 2 aliphatic rings. The molecular weight excluding hydrogens is 361 g/mol. The number of fused-ring (bicyclic) bond motifs is 1. The van der Waals surface area contributed by atoms with E-state index in [0.717, 1.165) is 63.7 Å². The maximum Gasteiger partial charge on any atom is 0.298 e. The molecule has 28 heavy (non-hydrogen) atoms. The van der Waals surface area contributed by atoms with E-state index < -0.39 is 0 Å². The summed E-state index contributed by atoms with van der Waals surface area (Å²) in [4.78, 5) is 17.8. The molecule has 4 heterocycles. The first-order chi connectivity index (χ1) is 13.8. The van der Waals surface area contributed by atoms with Gasteiger partial charge in [0, 0.05) is 63.1 Å².